The Bertz CT molecular complexity index is 498. The molecule has 0 bridgehead atoms. The van der Waals surface area contributed by atoms with Gasteiger partial charge in [0.15, 0.2) is 0 Å². The van der Waals surface area contributed by atoms with Crippen LogP contribution in [-0.4, -0.2) is 34.2 Å². The highest BCUT2D eigenvalue weighted by atomic mass is 16.4. The first kappa shape index (κ1) is 12.6. The van der Waals surface area contributed by atoms with E-state index in [4.69, 9.17) is 5.11 Å². The van der Waals surface area contributed by atoms with Crippen molar-refractivity contribution in [3.05, 3.63) is 34.9 Å². The van der Waals surface area contributed by atoms with Crippen LogP contribution in [0.5, 0.6) is 0 Å². The smallest absolute Gasteiger partial charge is 0.335 e. The molecule has 2 rings (SSSR count). The molecule has 1 aliphatic carbocycles. The monoisotopic (exact) mass is 249 g/mol. The van der Waals surface area contributed by atoms with Gasteiger partial charge in [-0.1, -0.05) is 0 Å². The van der Waals surface area contributed by atoms with E-state index in [9.17, 15) is 14.7 Å². The van der Waals surface area contributed by atoms with Gasteiger partial charge < -0.3 is 15.5 Å². The van der Waals surface area contributed by atoms with Crippen molar-refractivity contribution in [2.75, 3.05) is 0 Å². The van der Waals surface area contributed by atoms with Crippen LogP contribution in [0.3, 0.4) is 0 Å². The molecule has 0 saturated heterocycles. The van der Waals surface area contributed by atoms with E-state index in [0.717, 1.165) is 6.42 Å². The lowest BCUT2D eigenvalue weighted by molar-refractivity contribution is 0.0447. The fourth-order valence-corrected chi connectivity index (χ4v) is 1.95. The summed E-state index contributed by atoms with van der Waals surface area (Å²) in [5, 5.41) is 21.0. The van der Waals surface area contributed by atoms with Crippen LogP contribution < -0.4 is 5.32 Å². The molecule has 5 heteroatoms. The fraction of sp³-hybridized carbons (Fsp3) is 0.385. The number of aromatic carboxylic acids is 1. The molecule has 18 heavy (non-hydrogen) atoms. The molecular weight excluding hydrogens is 234 g/mol. The number of aryl methyl sites for hydroxylation is 1. The Morgan fingerprint density at radius 1 is 1.33 bits per heavy atom. The first-order valence-corrected chi connectivity index (χ1v) is 5.82. The van der Waals surface area contributed by atoms with Crippen molar-refractivity contribution in [2.24, 2.45) is 0 Å². The normalized spacial score (nSPS) is 22.1. The van der Waals surface area contributed by atoms with E-state index in [1.165, 1.54) is 18.2 Å². The second-order valence-electron chi connectivity index (χ2n) is 4.56. The molecule has 5 nitrogen and oxygen atoms in total. The largest absolute Gasteiger partial charge is 0.478 e. The number of carboxylic acid groups (broad SMARTS) is 1. The van der Waals surface area contributed by atoms with Gasteiger partial charge in [-0.05, 0) is 43.5 Å². The standard InChI is InChI=1S/C13H15NO4/c1-7-6-8(13(17)18)2-3-9(7)12(16)14-10-4-5-11(10)15/h2-3,6,10-11,15H,4-5H2,1H3,(H,14,16)(H,17,18)/t10-,11-/m1/s1. The molecule has 0 spiro atoms. The third kappa shape index (κ3) is 2.36. The molecule has 0 heterocycles. The van der Waals surface area contributed by atoms with Gasteiger partial charge in [-0.3, -0.25) is 4.79 Å². The number of aliphatic hydroxyl groups is 1. The minimum absolute atomic E-state index is 0.160. The number of amides is 1. The van der Waals surface area contributed by atoms with Gasteiger partial charge in [0.2, 0.25) is 0 Å². The maximum atomic E-state index is 11.9. The second kappa shape index (κ2) is 4.78. The zero-order chi connectivity index (χ0) is 13.3. The molecule has 0 aliphatic heterocycles. The Hall–Kier alpha value is -1.88. The third-order valence-corrected chi connectivity index (χ3v) is 3.27. The second-order valence-corrected chi connectivity index (χ2v) is 4.56. The summed E-state index contributed by atoms with van der Waals surface area (Å²) in [6.07, 6.45) is 1.02. The van der Waals surface area contributed by atoms with Crippen LogP contribution in [0, 0.1) is 6.92 Å². The average molecular weight is 249 g/mol. The highest BCUT2D eigenvalue weighted by Crippen LogP contribution is 2.20. The van der Waals surface area contributed by atoms with E-state index < -0.39 is 12.1 Å². The molecule has 96 valence electrons. The lowest BCUT2D eigenvalue weighted by atomic mass is 9.89. The SMILES string of the molecule is Cc1cc(C(=O)O)ccc1C(=O)N[C@@H]1CC[C@H]1O. The Morgan fingerprint density at radius 3 is 2.50 bits per heavy atom. The Morgan fingerprint density at radius 2 is 2.06 bits per heavy atom. The van der Waals surface area contributed by atoms with Crippen LogP contribution in [-0.2, 0) is 0 Å². The van der Waals surface area contributed by atoms with Gasteiger partial charge in [0.25, 0.3) is 5.91 Å². The Kier molecular flexibility index (Phi) is 3.34. The van der Waals surface area contributed by atoms with Crippen LogP contribution in [0.4, 0.5) is 0 Å². The highest BCUT2D eigenvalue weighted by molar-refractivity contribution is 5.97. The summed E-state index contributed by atoms with van der Waals surface area (Å²) >= 11 is 0. The van der Waals surface area contributed by atoms with E-state index >= 15 is 0 Å². The van der Waals surface area contributed by atoms with E-state index in [-0.39, 0.29) is 17.5 Å². The Balaban J connectivity index is 2.13. The molecule has 1 aromatic carbocycles. The molecule has 0 radical (unpaired) electrons. The summed E-state index contributed by atoms with van der Waals surface area (Å²) in [7, 11) is 0. The summed E-state index contributed by atoms with van der Waals surface area (Å²) < 4.78 is 0. The molecule has 0 aromatic heterocycles. The molecule has 1 fully saturated rings. The van der Waals surface area contributed by atoms with Gasteiger partial charge in [0.05, 0.1) is 17.7 Å². The zero-order valence-corrected chi connectivity index (χ0v) is 10.0. The number of benzene rings is 1. The maximum absolute atomic E-state index is 11.9. The van der Waals surface area contributed by atoms with Crippen molar-refractivity contribution in [3.8, 4) is 0 Å². The first-order valence-electron chi connectivity index (χ1n) is 5.82. The van der Waals surface area contributed by atoms with E-state index in [1.807, 2.05) is 0 Å². The van der Waals surface area contributed by atoms with E-state index in [0.29, 0.717) is 17.5 Å². The van der Waals surface area contributed by atoms with Gasteiger partial charge in [0.1, 0.15) is 0 Å². The van der Waals surface area contributed by atoms with E-state index in [2.05, 4.69) is 5.32 Å². The predicted molar refractivity (Wildman–Crippen MR) is 64.6 cm³/mol. The van der Waals surface area contributed by atoms with Crippen molar-refractivity contribution in [3.63, 3.8) is 0 Å². The van der Waals surface area contributed by atoms with Gasteiger partial charge in [0, 0.05) is 5.56 Å². The molecule has 1 amide bonds. The lowest BCUT2D eigenvalue weighted by Gasteiger charge is -2.33. The number of carbonyl (C=O) groups is 2. The number of aliphatic hydroxyl groups excluding tert-OH is 1. The summed E-state index contributed by atoms with van der Waals surface area (Å²) in [6.45, 7) is 1.69. The van der Waals surface area contributed by atoms with Gasteiger partial charge >= 0.3 is 5.97 Å². The molecular formula is C13H15NO4. The van der Waals surface area contributed by atoms with Crippen LogP contribution in [0.2, 0.25) is 0 Å². The summed E-state index contributed by atoms with van der Waals surface area (Å²) in [5.41, 5.74) is 1.22. The number of hydrogen-bond donors (Lipinski definition) is 3. The molecule has 1 saturated carbocycles. The van der Waals surface area contributed by atoms with Crippen LogP contribution >= 0.6 is 0 Å². The fourth-order valence-electron chi connectivity index (χ4n) is 1.95. The number of nitrogens with one attached hydrogen (secondary N) is 1. The van der Waals surface area contributed by atoms with Crippen molar-refractivity contribution < 1.29 is 19.8 Å². The maximum Gasteiger partial charge on any atom is 0.335 e. The van der Waals surface area contributed by atoms with Gasteiger partial charge in [-0.2, -0.15) is 0 Å². The number of carboxylic acids is 1. The molecule has 0 unspecified atom stereocenters. The number of carbonyl (C=O) groups excluding carboxylic acids is 1. The molecule has 1 aromatic rings. The number of rotatable bonds is 3. The molecule has 2 atom stereocenters. The minimum atomic E-state index is -1.01. The van der Waals surface area contributed by atoms with Crippen LogP contribution in [0.1, 0.15) is 39.1 Å². The zero-order valence-electron chi connectivity index (χ0n) is 10.0. The third-order valence-electron chi connectivity index (χ3n) is 3.27. The predicted octanol–water partition coefficient (Wildman–Crippen LogP) is 0.946. The number of hydrogen-bond acceptors (Lipinski definition) is 3. The summed E-state index contributed by atoms with van der Waals surface area (Å²) in [4.78, 5) is 22.7. The highest BCUT2D eigenvalue weighted by Gasteiger charge is 2.30. The van der Waals surface area contributed by atoms with Crippen molar-refractivity contribution in [1.29, 1.82) is 0 Å². The molecule has 1 aliphatic rings. The molecule has 3 N–H and O–H groups in total. The van der Waals surface area contributed by atoms with E-state index in [1.54, 1.807) is 6.92 Å². The van der Waals surface area contributed by atoms with Crippen molar-refractivity contribution >= 4 is 11.9 Å². The van der Waals surface area contributed by atoms with Crippen molar-refractivity contribution in [1.82, 2.24) is 5.32 Å². The van der Waals surface area contributed by atoms with Crippen LogP contribution in [0.15, 0.2) is 18.2 Å². The van der Waals surface area contributed by atoms with Crippen LogP contribution in [0.25, 0.3) is 0 Å². The summed E-state index contributed by atoms with van der Waals surface area (Å²) in [5.74, 6) is -1.28. The quantitative estimate of drug-likeness (QED) is 0.744. The van der Waals surface area contributed by atoms with Gasteiger partial charge in [-0.15, -0.1) is 0 Å². The van der Waals surface area contributed by atoms with Crippen molar-refractivity contribution in [2.45, 2.75) is 31.9 Å². The lowest BCUT2D eigenvalue weighted by Crippen LogP contribution is -2.50. The topological polar surface area (TPSA) is 86.6 Å². The minimum Gasteiger partial charge on any atom is -0.478 e. The first-order chi connectivity index (χ1) is 8.49. The summed E-state index contributed by atoms with van der Waals surface area (Å²) in [6, 6.07) is 4.19. The van der Waals surface area contributed by atoms with Gasteiger partial charge in [-0.25, -0.2) is 4.79 Å². The average Bonchev–Trinajstić information content (AvgIpc) is 2.33. The Labute approximate surface area is 104 Å².